The van der Waals surface area contributed by atoms with E-state index in [1.165, 1.54) is 23.5 Å². The summed E-state index contributed by atoms with van der Waals surface area (Å²) in [5.74, 6) is -0.487. The van der Waals surface area contributed by atoms with Crippen LogP contribution in [0.5, 0.6) is 5.75 Å². The molecule has 0 unspecified atom stereocenters. The lowest BCUT2D eigenvalue weighted by molar-refractivity contribution is -0.123. The molecule has 1 heterocycles. The van der Waals surface area contributed by atoms with Crippen LogP contribution in [0.1, 0.15) is 4.88 Å². The summed E-state index contributed by atoms with van der Waals surface area (Å²) in [5, 5.41) is 2.81. The van der Waals surface area contributed by atoms with Gasteiger partial charge in [0.25, 0.3) is 5.91 Å². The number of carbonyl (C=O) groups is 1. The van der Waals surface area contributed by atoms with Crippen LogP contribution in [0, 0.1) is 5.82 Å². The van der Waals surface area contributed by atoms with E-state index in [2.05, 4.69) is 5.32 Å². The molecule has 0 aliphatic rings. The normalized spacial score (nSPS) is 10.3. The first-order valence-electron chi connectivity index (χ1n) is 5.63. The number of ether oxygens (including phenoxy) is 1. The van der Waals surface area contributed by atoms with Crippen molar-refractivity contribution in [3.8, 4) is 5.75 Å². The van der Waals surface area contributed by atoms with E-state index in [0.717, 1.165) is 10.9 Å². The van der Waals surface area contributed by atoms with Crippen molar-refractivity contribution in [2.75, 3.05) is 6.61 Å². The molecular weight excluding hydrogens is 324 g/mol. The summed E-state index contributed by atoms with van der Waals surface area (Å²) in [4.78, 5) is 12.5. The minimum absolute atomic E-state index is 0.128. The SMILES string of the molecule is O=C(COc1ccc(F)cc1Cl)NCc1ccc(Cl)s1. The molecule has 0 spiro atoms. The average molecular weight is 334 g/mol. The van der Waals surface area contributed by atoms with Gasteiger partial charge in [-0.05, 0) is 30.3 Å². The highest BCUT2D eigenvalue weighted by Crippen LogP contribution is 2.24. The van der Waals surface area contributed by atoms with Crippen molar-refractivity contribution >= 4 is 40.4 Å². The average Bonchev–Trinajstić information content (AvgIpc) is 2.81. The fourth-order valence-electron chi connectivity index (χ4n) is 1.42. The molecule has 3 nitrogen and oxygen atoms in total. The van der Waals surface area contributed by atoms with Gasteiger partial charge in [-0.3, -0.25) is 4.79 Å². The molecule has 1 amide bonds. The van der Waals surface area contributed by atoms with Crippen molar-refractivity contribution in [3.05, 3.63) is 50.4 Å². The first-order valence-corrected chi connectivity index (χ1v) is 7.20. The molecule has 0 atom stereocenters. The van der Waals surface area contributed by atoms with Crippen molar-refractivity contribution in [3.63, 3.8) is 0 Å². The lowest BCUT2D eigenvalue weighted by Crippen LogP contribution is -2.28. The molecule has 0 saturated carbocycles. The van der Waals surface area contributed by atoms with Crippen molar-refractivity contribution in [1.29, 1.82) is 0 Å². The summed E-state index contributed by atoms with van der Waals surface area (Å²) in [5.41, 5.74) is 0. The standard InChI is InChI=1S/C13H10Cl2FNO2S/c14-10-5-8(16)1-3-11(10)19-7-13(18)17-6-9-2-4-12(15)20-9/h1-5H,6-7H2,(H,17,18). The van der Waals surface area contributed by atoms with Gasteiger partial charge in [-0.2, -0.15) is 0 Å². The molecule has 20 heavy (non-hydrogen) atoms. The van der Waals surface area contributed by atoms with Crippen LogP contribution in [0.2, 0.25) is 9.36 Å². The summed E-state index contributed by atoms with van der Waals surface area (Å²) in [7, 11) is 0. The van der Waals surface area contributed by atoms with Crippen molar-refractivity contribution in [2.24, 2.45) is 0 Å². The van der Waals surface area contributed by atoms with Gasteiger partial charge in [0.15, 0.2) is 6.61 Å². The van der Waals surface area contributed by atoms with Crippen LogP contribution >= 0.6 is 34.5 Å². The van der Waals surface area contributed by atoms with Crippen LogP contribution in [0.3, 0.4) is 0 Å². The van der Waals surface area contributed by atoms with Gasteiger partial charge in [-0.25, -0.2) is 4.39 Å². The largest absolute Gasteiger partial charge is 0.482 e. The number of hydrogen-bond donors (Lipinski definition) is 1. The predicted molar refractivity (Wildman–Crippen MR) is 78.1 cm³/mol. The van der Waals surface area contributed by atoms with Gasteiger partial charge in [0.05, 0.1) is 15.9 Å². The first-order chi connectivity index (χ1) is 9.54. The zero-order chi connectivity index (χ0) is 14.5. The second-order valence-corrected chi connectivity index (χ2v) is 6.05. The Kier molecular flexibility index (Phi) is 5.23. The maximum absolute atomic E-state index is 12.8. The van der Waals surface area contributed by atoms with E-state index in [-0.39, 0.29) is 23.3 Å². The molecule has 1 aromatic heterocycles. The zero-order valence-corrected chi connectivity index (χ0v) is 12.5. The Hall–Kier alpha value is -1.30. The third kappa shape index (κ3) is 4.37. The van der Waals surface area contributed by atoms with Gasteiger partial charge in [0.2, 0.25) is 0 Å². The minimum Gasteiger partial charge on any atom is -0.482 e. The van der Waals surface area contributed by atoms with Crippen LogP contribution in [0.25, 0.3) is 0 Å². The molecule has 0 fully saturated rings. The van der Waals surface area contributed by atoms with E-state index in [0.29, 0.717) is 10.9 Å². The Bertz CT molecular complexity index is 618. The molecule has 7 heteroatoms. The van der Waals surface area contributed by atoms with E-state index < -0.39 is 5.82 Å². The van der Waals surface area contributed by atoms with Gasteiger partial charge in [0, 0.05) is 4.88 Å². The van der Waals surface area contributed by atoms with Gasteiger partial charge in [0.1, 0.15) is 11.6 Å². The van der Waals surface area contributed by atoms with Gasteiger partial charge >= 0.3 is 0 Å². The highest BCUT2D eigenvalue weighted by molar-refractivity contribution is 7.16. The number of hydrogen-bond acceptors (Lipinski definition) is 3. The Balaban J connectivity index is 1.80. The lowest BCUT2D eigenvalue weighted by atomic mass is 10.3. The molecule has 1 aromatic carbocycles. The van der Waals surface area contributed by atoms with Crippen LogP contribution < -0.4 is 10.1 Å². The fraction of sp³-hybridized carbons (Fsp3) is 0.154. The molecule has 0 aliphatic carbocycles. The molecule has 2 rings (SSSR count). The zero-order valence-electron chi connectivity index (χ0n) is 10.2. The number of halogens is 3. The number of nitrogens with one attached hydrogen (secondary N) is 1. The van der Waals surface area contributed by atoms with Crippen LogP contribution in [-0.4, -0.2) is 12.5 Å². The monoisotopic (exact) mass is 333 g/mol. The number of amides is 1. The molecule has 2 aromatic rings. The summed E-state index contributed by atoms with van der Waals surface area (Å²) < 4.78 is 18.7. The highest BCUT2D eigenvalue weighted by Gasteiger charge is 2.07. The van der Waals surface area contributed by atoms with Crippen LogP contribution in [0.4, 0.5) is 4.39 Å². The molecule has 0 aliphatic heterocycles. The number of rotatable bonds is 5. The van der Waals surface area contributed by atoms with Crippen LogP contribution in [0.15, 0.2) is 30.3 Å². The van der Waals surface area contributed by atoms with E-state index in [1.54, 1.807) is 6.07 Å². The lowest BCUT2D eigenvalue weighted by Gasteiger charge is -2.08. The van der Waals surface area contributed by atoms with Crippen molar-refractivity contribution in [2.45, 2.75) is 6.54 Å². The fourth-order valence-corrected chi connectivity index (χ4v) is 2.67. The number of carbonyl (C=O) groups excluding carboxylic acids is 1. The predicted octanol–water partition coefficient (Wildman–Crippen LogP) is 3.89. The van der Waals surface area contributed by atoms with E-state index in [1.807, 2.05) is 6.07 Å². The van der Waals surface area contributed by atoms with E-state index >= 15 is 0 Å². The van der Waals surface area contributed by atoms with Gasteiger partial charge in [-0.1, -0.05) is 23.2 Å². The molecule has 0 radical (unpaired) electrons. The second kappa shape index (κ2) is 6.92. The molecular formula is C13H10Cl2FNO2S. The van der Waals surface area contributed by atoms with Gasteiger partial charge in [-0.15, -0.1) is 11.3 Å². The summed E-state index contributed by atoms with van der Waals surface area (Å²) in [6.45, 7) is 0.196. The third-order valence-corrected chi connectivity index (χ3v) is 3.87. The van der Waals surface area contributed by atoms with E-state index in [4.69, 9.17) is 27.9 Å². The summed E-state index contributed by atoms with van der Waals surface area (Å²) in [6.07, 6.45) is 0. The maximum atomic E-state index is 12.8. The first kappa shape index (κ1) is 15.1. The topological polar surface area (TPSA) is 38.3 Å². The van der Waals surface area contributed by atoms with Crippen LogP contribution in [-0.2, 0) is 11.3 Å². The van der Waals surface area contributed by atoms with E-state index in [9.17, 15) is 9.18 Å². The molecule has 1 N–H and O–H groups in total. The Morgan fingerprint density at radius 1 is 1.30 bits per heavy atom. The summed E-state index contributed by atoms with van der Waals surface area (Å²) in [6, 6.07) is 7.33. The Labute approximate surface area is 129 Å². The van der Waals surface area contributed by atoms with Gasteiger partial charge < -0.3 is 10.1 Å². The third-order valence-electron chi connectivity index (χ3n) is 2.34. The Morgan fingerprint density at radius 2 is 2.10 bits per heavy atom. The number of thiophene rings is 1. The number of benzene rings is 1. The molecule has 106 valence electrons. The Morgan fingerprint density at radius 3 is 2.75 bits per heavy atom. The molecule has 0 bridgehead atoms. The van der Waals surface area contributed by atoms with Crippen molar-refractivity contribution < 1.29 is 13.9 Å². The quantitative estimate of drug-likeness (QED) is 0.901. The molecule has 0 saturated heterocycles. The summed E-state index contributed by atoms with van der Waals surface area (Å²) >= 11 is 13.0. The smallest absolute Gasteiger partial charge is 0.258 e. The van der Waals surface area contributed by atoms with Crippen molar-refractivity contribution in [1.82, 2.24) is 5.32 Å². The maximum Gasteiger partial charge on any atom is 0.258 e. The highest BCUT2D eigenvalue weighted by atomic mass is 35.5. The second-order valence-electron chi connectivity index (χ2n) is 3.85. The minimum atomic E-state index is -0.457.